The van der Waals surface area contributed by atoms with Gasteiger partial charge in [-0.3, -0.25) is 0 Å². The summed E-state index contributed by atoms with van der Waals surface area (Å²) in [5, 5.41) is 13.0. The molecule has 1 atom stereocenters. The monoisotopic (exact) mass is 254 g/mol. The number of hydrogen-bond donors (Lipinski definition) is 2. The van der Waals surface area contributed by atoms with Crippen LogP contribution >= 0.6 is 0 Å². The maximum Gasteiger partial charge on any atom is 0.295 e. The van der Waals surface area contributed by atoms with Crippen LogP contribution in [0.4, 0.5) is 6.01 Å². The Balaban J connectivity index is 1.69. The predicted octanol–water partition coefficient (Wildman–Crippen LogP) is 2.97. The number of anilines is 1. The summed E-state index contributed by atoms with van der Waals surface area (Å²) in [5.41, 5.74) is 2.41. The minimum atomic E-state index is -0.587. The third-order valence-corrected chi connectivity index (χ3v) is 2.92. The highest BCUT2D eigenvalue weighted by molar-refractivity contribution is 5.74. The van der Waals surface area contributed by atoms with Gasteiger partial charge in [0.05, 0.1) is 6.10 Å². The summed E-state index contributed by atoms with van der Waals surface area (Å²) < 4.78 is 5.52. The number of para-hydroxylation sites is 2. The Hall–Kier alpha value is -2.33. The van der Waals surface area contributed by atoms with E-state index >= 15 is 0 Å². The molecule has 4 heteroatoms. The number of aliphatic hydroxyl groups is 1. The van der Waals surface area contributed by atoms with Gasteiger partial charge in [-0.25, -0.2) is 0 Å². The van der Waals surface area contributed by atoms with Crippen LogP contribution in [0.15, 0.2) is 59.0 Å². The van der Waals surface area contributed by atoms with Gasteiger partial charge in [0, 0.05) is 6.54 Å². The second-order valence-electron chi connectivity index (χ2n) is 4.29. The van der Waals surface area contributed by atoms with Gasteiger partial charge < -0.3 is 14.8 Å². The van der Waals surface area contributed by atoms with Crippen LogP contribution in [0.2, 0.25) is 0 Å². The number of nitrogens with one attached hydrogen (secondary N) is 1. The summed E-state index contributed by atoms with van der Waals surface area (Å²) in [6, 6.07) is 17.5. The largest absolute Gasteiger partial charge is 0.424 e. The van der Waals surface area contributed by atoms with Crippen LogP contribution in [0.3, 0.4) is 0 Å². The molecule has 0 fully saturated rings. The van der Waals surface area contributed by atoms with Crippen molar-refractivity contribution in [1.82, 2.24) is 4.98 Å². The quantitative estimate of drug-likeness (QED) is 0.751. The second kappa shape index (κ2) is 5.12. The molecule has 0 radical (unpaired) electrons. The fraction of sp³-hybridized carbons (Fsp3) is 0.133. The third kappa shape index (κ3) is 2.58. The Bertz CT molecular complexity index is 631. The van der Waals surface area contributed by atoms with Gasteiger partial charge in [0.15, 0.2) is 5.58 Å². The zero-order valence-electron chi connectivity index (χ0n) is 10.3. The van der Waals surface area contributed by atoms with Crippen LogP contribution in [0.5, 0.6) is 0 Å². The van der Waals surface area contributed by atoms with Gasteiger partial charge in [0.25, 0.3) is 6.01 Å². The van der Waals surface area contributed by atoms with Gasteiger partial charge in [-0.2, -0.15) is 4.98 Å². The van der Waals surface area contributed by atoms with Crippen LogP contribution < -0.4 is 5.32 Å². The number of fused-ring (bicyclic) bond motifs is 1. The van der Waals surface area contributed by atoms with E-state index in [9.17, 15) is 5.11 Å². The van der Waals surface area contributed by atoms with Gasteiger partial charge >= 0.3 is 0 Å². The summed E-state index contributed by atoms with van der Waals surface area (Å²) in [7, 11) is 0. The zero-order valence-corrected chi connectivity index (χ0v) is 10.3. The Labute approximate surface area is 110 Å². The molecule has 0 bridgehead atoms. The van der Waals surface area contributed by atoms with Crippen molar-refractivity contribution in [2.45, 2.75) is 6.10 Å². The fourth-order valence-corrected chi connectivity index (χ4v) is 1.92. The van der Waals surface area contributed by atoms with Crippen LogP contribution in [-0.4, -0.2) is 16.6 Å². The number of aliphatic hydroxyl groups excluding tert-OH is 1. The summed E-state index contributed by atoms with van der Waals surface area (Å²) in [5.74, 6) is 0. The van der Waals surface area contributed by atoms with Crippen molar-refractivity contribution >= 4 is 17.1 Å². The van der Waals surface area contributed by atoms with E-state index in [0.29, 0.717) is 12.6 Å². The van der Waals surface area contributed by atoms with E-state index in [2.05, 4.69) is 10.3 Å². The van der Waals surface area contributed by atoms with E-state index in [1.165, 1.54) is 0 Å². The zero-order chi connectivity index (χ0) is 13.1. The first kappa shape index (κ1) is 11.7. The number of nitrogens with zero attached hydrogens (tertiary/aromatic N) is 1. The van der Waals surface area contributed by atoms with Crippen LogP contribution in [-0.2, 0) is 0 Å². The Morgan fingerprint density at radius 2 is 1.79 bits per heavy atom. The lowest BCUT2D eigenvalue weighted by molar-refractivity contribution is 0.191. The number of oxazole rings is 1. The lowest BCUT2D eigenvalue weighted by atomic mass is 10.1. The van der Waals surface area contributed by atoms with Crippen molar-refractivity contribution in [1.29, 1.82) is 0 Å². The molecule has 0 aliphatic carbocycles. The minimum Gasteiger partial charge on any atom is -0.424 e. The molecule has 4 nitrogen and oxygen atoms in total. The Morgan fingerprint density at radius 3 is 2.58 bits per heavy atom. The maximum absolute atomic E-state index is 10.0. The molecule has 0 amide bonds. The van der Waals surface area contributed by atoms with Crippen molar-refractivity contribution in [3.8, 4) is 0 Å². The lowest BCUT2D eigenvalue weighted by Crippen LogP contribution is -2.12. The second-order valence-corrected chi connectivity index (χ2v) is 4.29. The SMILES string of the molecule is O[C@H](CNc1nc2ccccc2o1)c1ccccc1. The molecule has 2 N–H and O–H groups in total. The molecule has 0 aliphatic rings. The standard InChI is InChI=1S/C15H14N2O2/c18-13(11-6-2-1-3-7-11)10-16-15-17-12-8-4-5-9-14(12)19-15/h1-9,13,18H,10H2,(H,16,17)/t13-/m1/s1. The molecular formula is C15H14N2O2. The third-order valence-electron chi connectivity index (χ3n) is 2.92. The van der Waals surface area contributed by atoms with E-state index in [1.807, 2.05) is 54.6 Å². The molecule has 19 heavy (non-hydrogen) atoms. The molecule has 0 aliphatic heterocycles. The number of rotatable bonds is 4. The van der Waals surface area contributed by atoms with Crippen molar-refractivity contribution in [2.24, 2.45) is 0 Å². The molecule has 0 spiro atoms. The van der Waals surface area contributed by atoms with Crippen molar-refractivity contribution in [3.63, 3.8) is 0 Å². The molecule has 2 aromatic carbocycles. The first-order valence-electron chi connectivity index (χ1n) is 6.15. The average Bonchev–Trinajstić information content (AvgIpc) is 2.88. The highest BCUT2D eigenvalue weighted by atomic mass is 16.4. The summed E-state index contributed by atoms with van der Waals surface area (Å²) in [6.07, 6.45) is -0.587. The van der Waals surface area contributed by atoms with E-state index in [4.69, 9.17) is 4.42 Å². The lowest BCUT2D eigenvalue weighted by Gasteiger charge is -2.10. The van der Waals surface area contributed by atoms with Gasteiger partial charge in [-0.1, -0.05) is 42.5 Å². The molecule has 1 heterocycles. The predicted molar refractivity (Wildman–Crippen MR) is 73.9 cm³/mol. The molecule has 0 saturated carbocycles. The van der Waals surface area contributed by atoms with Crippen molar-refractivity contribution < 1.29 is 9.52 Å². The Kier molecular flexibility index (Phi) is 3.16. The summed E-state index contributed by atoms with van der Waals surface area (Å²) in [4.78, 5) is 4.29. The van der Waals surface area contributed by atoms with Crippen molar-refractivity contribution in [2.75, 3.05) is 11.9 Å². The van der Waals surface area contributed by atoms with Crippen LogP contribution in [0.1, 0.15) is 11.7 Å². The van der Waals surface area contributed by atoms with E-state index in [0.717, 1.165) is 16.7 Å². The molecule has 0 unspecified atom stereocenters. The molecule has 3 aromatic rings. The number of benzene rings is 2. The highest BCUT2D eigenvalue weighted by Gasteiger charge is 2.09. The molecule has 1 aromatic heterocycles. The van der Waals surface area contributed by atoms with E-state index in [1.54, 1.807) is 0 Å². The van der Waals surface area contributed by atoms with E-state index < -0.39 is 6.10 Å². The smallest absolute Gasteiger partial charge is 0.295 e. The average molecular weight is 254 g/mol. The first-order valence-corrected chi connectivity index (χ1v) is 6.15. The summed E-state index contributed by atoms with van der Waals surface area (Å²) >= 11 is 0. The van der Waals surface area contributed by atoms with Crippen molar-refractivity contribution in [3.05, 3.63) is 60.2 Å². The number of hydrogen-bond acceptors (Lipinski definition) is 4. The van der Waals surface area contributed by atoms with E-state index in [-0.39, 0.29) is 0 Å². The normalized spacial score (nSPS) is 12.5. The van der Waals surface area contributed by atoms with Crippen LogP contribution in [0, 0.1) is 0 Å². The van der Waals surface area contributed by atoms with Gasteiger partial charge in [-0.15, -0.1) is 0 Å². The van der Waals surface area contributed by atoms with Gasteiger partial charge in [-0.05, 0) is 17.7 Å². The highest BCUT2D eigenvalue weighted by Crippen LogP contribution is 2.19. The topological polar surface area (TPSA) is 58.3 Å². The van der Waals surface area contributed by atoms with Gasteiger partial charge in [0.1, 0.15) is 5.52 Å². The first-order chi connectivity index (χ1) is 9.33. The van der Waals surface area contributed by atoms with Crippen LogP contribution in [0.25, 0.3) is 11.1 Å². The fourth-order valence-electron chi connectivity index (χ4n) is 1.92. The molecule has 96 valence electrons. The Morgan fingerprint density at radius 1 is 1.05 bits per heavy atom. The minimum absolute atomic E-state index is 0.358. The summed E-state index contributed by atoms with van der Waals surface area (Å²) in [6.45, 7) is 0.358. The van der Waals surface area contributed by atoms with Gasteiger partial charge in [0.2, 0.25) is 0 Å². The molecule has 0 saturated heterocycles. The maximum atomic E-state index is 10.0. The molecule has 3 rings (SSSR count). The number of aromatic nitrogens is 1. The molecular weight excluding hydrogens is 240 g/mol.